The number of carbonyl (C=O) groups excluding carboxylic acids is 1. The molecular formula is C17H16ClNO4. The molecule has 0 heterocycles. The molecule has 0 bridgehead atoms. The summed E-state index contributed by atoms with van der Waals surface area (Å²) in [7, 11) is 0. The van der Waals surface area contributed by atoms with Crippen LogP contribution in [0.5, 0.6) is 5.75 Å². The molecule has 0 radical (unpaired) electrons. The van der Waals surface area contributed by atoms with E-state index >= 15 is 0 Å². The van der Waals surface area contributed by atoms with Gasteiger partial charge in [-0.3, -0.25) is 4.79 Å². The van der Waals surface area contributed by atoms with Crippen LogP contribution in [-0.2, 0) is 11.3 Å². The second-order valence-electron chi connectivity index (χ2n) is 4.91. The quantitative estimate of drug-likeness (QED) is 0.851. The molecule has 0 aliphatic heterocycles. The molecule has 2 N–H and O–H groups in total. The van der Waals surface area contributed by atoms with Crippen molar-refractivity contribution in [2.45, 2.75) is 19.6 Å². The van der Waals surface area contributed by atoms with E-state index in [-0.39, 0.29) is 18.0 Å². The number of amides is 1. The van der Waals surface area contributed by atoms with Crippen molar-refractivity contribution in [2.24, 2.45) is 0 Å². The Labute approximate surface area is 138 Å². The van der Waals surface area contributed by atoms with Gasteiger partial charge in [-0.1, -0.05) is 35.9 Å². The van der Waals surface area contributed by atoms with Crippen molar-refractivity contribution in [2.75, 3.05) is 0 Å². The fraction of sp³-hybridized carbons (Fsp3) is 0.176. The monoisotopic (exact) mass is 333 g/mol. The van der Waals surface area contributed by atoms with Crippen molar-refractivity contribution in [1.82, 2.24) is 5.32 Å². The molecule has 0 fully saturated rings. The van der Waals surface area contributed by atoms with Crippen molar-refractivity contribution in [3.8, 4) is 5.75 Å². The first-order valence-electron chi connectivity index (χ1n) is 6.98. The number of nitrogens with one attached hydrogen (secondary N) is 1. The summed E-state index contributed by atoms with van der Waals surface area (Å²) in [5, 5.41) is 12.0. The third-order valence-corrected chi connectivity index (χ3v) is 3.49. The standard InChI is InChI=1S/C17H16ClNO4/c1-11(23-15-5-3-2-4-14(15)18)16(20)19-10-12-6-8-13(9-7-12)17(21)22/h2-9,11H,10H2,1H3,(H,19,20)(H,21,22). The van der Waals surface area contributed by atoms with Crippen molar-refractivity contribution < 1.29 is 19.4 Å². The highest BCUT2D eigenvalue weighted by molar-refractivity contribution is 6.32. The number of para-hydroxylation sites is 1. The molecule has 1 atom stereocenters. The van der Waals surface area contributed by atoms with Crippen LogP contribution >= 0.6 is 11.6 Å². The zero-order valence-corrected chi connectivity index (χ0v) is 13.2. The maximum atomic E-state index is 12.0. The van der Waals surface area contributed by atoms with Gasteiger partial charge in [-0.05, 0) is 36.8 Å². The summed E-state index contributed by atoms with van der Waals surface area (Å²) >= 11 is 5.98. The zero-order valence-electron chi connectivity index (χ0n) is 12.5. The molecule has 1 unspecified atom stereocenters. The molecule has 1 amide bonds. The van der Waals surface area contributed by atoms with Gasteiger partial charge in [0.1, 0.15) is 5.75 Å². The normalized spacial score (nSPS) is 11.6. The summed E-state index contributed by atoms with van der Waals surface area (Å²) in [6.07, 6.45) is -0.701. The van der Waals surface area contributed by atoms with E-state index in [2.05, 4.69) is 5.32 Å². The molecule has 2 aromatic carbocycles. The molecule has 0 aliphatic carbocycles. The first-order valence-corrected chi connectivity index (χ1v) is 7.36. The Balaban J connectivity index is 1.89. The van der Waals surface area contributed by atoms with E-state index in [9.17, 15) is 9.59 Å². The number of carbonyl (C=O) groups is 2. The number of rotatable bonds is 6. The van der Waals surface area contributed by atoms with E-state index in [1.54, 1.807) is 43.3 Å². The molecule has 0 saturated heterocycles. The van der Waals surface area contributed by atoms with Gasteiger partial charge in [0.2, 0.25) is 0 Å². The highest BCUT2D eigenvalue weighted by Gasteiger charge is 2.15. The van der Waals surface area contributed by atoms with Crippen LogP contribution in [-0.4, -0.2) is 23.1 Å². The average molecular weight is 334 g/mol. The van der Waals surface area contributed by atoms with Gasteiger partial charge >= 0.3 is 5.97 Å². The maximum Gasteiger partial charge on any atom is 0.335 e. The first-order chi connectivity index (χ1) is 11.0. The van der Waals surface area contributed by atoms with Gasteiger partial charge in [-0.2, -0.15) is 0 Å². The molecule has 0 aromatic heterocycles. The fourth-order valence-corrected chi connectivity index (χ4v) is 2.06. The average Bonchev–Trinajstić information content (AvgIpc) is 2.55. The highest BCUT2D eigenvalue weighted by atomic mass is 35.5. The first kappa shape index (κ1) is 16.8. The van der Waals surface area contributed by atoms with E-state index < -0.39 is 12.1 Å². The second kappa shape index (κ2) is 7.65. The molecule has 5 nitrogen and oxygen atoms in total. The number of ether oxygens (including phenoxy) is 1. The van der Waals surface area contributed by atoms with Crippen LogP contribution in [0.15, 0.2) is 48.5 Å². The summed E-state index contributed by atoms with van der Waals surface area (Å²) in [6, 6.07) is 13.2. The predicted molar refractivity (Wildman–Crippen MR) is 86.8 cm³/mol. The largest absolute Gasteiger partial charge is 0.479 e. The lowest BCUT2D eigenvalue weighted by Gasteiger charge is -2.15. The molecule has 23 heavy (non-hydrogen) atoms. The van der Waals surface area contributed by atoms with E-state index in [0.29, 0.717) is 10.8 Å². The molecule has 2 rings (SSSR count). The molecule has 0 spiro atoms. The number of hydrogen-bond donors (Lipinski definition) is 2. The van der Waals surface area contributed by atoms with Gasteiger partial charge in [-0.25, -0.2) is 4.79 Å². The minimum absolute atomic E-state index is 0.204. The van der Waals surface area contributed by atoms with E-state index in [0.717, 1.165) is 5.56 Å². The van der Waals surface area contributed by atoms with Crippen LogP contribution in [0.2, 0.25) is 5.02 Å². The van der Waals surface area contributed by atoms with E-state index in [1.807, 2.05) is 0 Å². The van der Waals surface area contributed by atoms with Gasteiger partial charge in [0.15, 0.2) is 6.10 Å². The summed E-state index contributed by atoms with van der Waals surface area (Å²) < 4.78 is 5.52. The van der Waals surface area contributed by atoms with Gasteiger partial charge in [-0.15, -0.1) is 0 Å². The van der Waals surface area contributed by atoms with Crippen LogP contribution in [0, 0.1) is 0 Å². The van der Waals surface area contributed by atoms with Crippen LogP contribution in [0.1, 0.15) is 22.8 Å². The Hall–Kier alpha value is -2.53. The maximum absolute atomic E-state index is 12.0. The van der Waals surface area contributed by atoms with E-state index in [4.69, 9.17) is 21.4 Å². The van der Waals surface area contributed by atoms with Crippen molar-refractivity contribution in [1.29, 1.82) is 0 Å². The molecule has 0 aliphatic rings. The predicted octanol–water partition coefficient (Wildman–Crippen LogP) is 3.12. The number of benzene rings is 2. The topological polar surface area (TPSA) is 75.6 Å². The van der Waals surface area contributed by atoms with Crippen LogP contribution < -0.4 is 10.1 Å². The van der Waals surface area contributed by atoms with Crippen molar-refractivity contribution >= 4 is 23.5 Å². The molecule has 2 aromatic rings. The number of hydrogen-bond acceptors (Lipinski definition) is 3. The summed E-state index contributed by atoms with van der Waals surface area (Å²) in [5.41, 5.74) is 1.00. The Bertz CT molecular complexity index is 700. The van der Waals surface area contributed by atoms with Gasteiger partial charge in [0.05, 0.1) is 10.6 Å². The third kappa shape index (κ3) is 4.72. The summed E-state index contributed by atoms with van der Waals surface area (Å²) in [5.74, 6) is -0.822. The lowest BCUT2D eigenvalue weighted by atomic mass is 10.1. The number of aromatic carboxylic acids is 1. The van der Waals surface area contributed by atoms with Crippen LogP contribution in [0.3, 0.4) is 0 Å². The molecule has 120 valence electrons. The zero-order chi connectivity index (χ0) is 16.8. The summed E-state index contributed by atoms with van der Waals surface area (Å²) in [6.45, 7) is 1.92. The van der Waals surface area contributed by atoms with Crippen LogP contribution in [0.4, 0.5) is 0 Å². The number of halogens is 1. The Morgan fingerprint density at radius 3 is 2.43 bits per heavy atom. The molecular weight excluding hydrogens is 318 g/mol. The third-order valence-electron chi connectivity index (χ3n) is 3.18. The number of carboxylic acid groups (broad SMARTS) is 1. The lowest BCUT2D eigenvalue weighted by Crippen LogP contribution is -2.35. The van der Waals surface area contributed by atoms with Crippen molar-refractivity contribution in [3.63, 3.8) is 0 Å². The highest BCUT2D eigenvalue weighted by Crippen LogP contribution is 2.24. The fourth-order valence-electron chi connectivity index (χ4n) is 1.88. The molecule has 0 saturated carbocycles. The minimum Gasteiger partial charge on any atom is -0.479 e. The minimum atomic E-state index is -0.984. The SMILES string of the molecule is CC(Oc1ccccc1Cl)C(=O)NCc1ccc(C(=O)O)cc1. The number of carboxylic acids is 1. The Morgan fingerprint density at radius 1 is 1.17 bits per heavy atom. The van der Waals surface area contributed by atoms with Gasteiger partial charge < -0.3 is 15.2 Å². The van der Waals surface area contributed by atoms with E-state index in [1.165, 1.54) is 12.1 Å². The van der Waals surface area contributed by atoms with Crippen LogP contribution in [0.25, 0.3) is 0 Å². The smallest absolute Gasteiger partial charge is 0.335 e. The Morgan fingerprint density at radius 2 is 1.83 bits per heavy atom. The second-order valence-corrected chi connectivity index (χ2v) is 5.32. The summed E-state index contributed by atoms with van der Waals surface area (Å²) in [4.78, 5) is 22.8. The lowest BCUT2D eigenvalue weighted by molar-refractivity contribution is -0.127. The van der Waals surface area contributed by atoms with Crippen molar-refractivity contribution in [3.05, 3.63) is 64.7 Å². The van der Waals surface area contributed by atoms with Gasteiger partial charge in [0, 0.05) is 6.54 Å². The Kier molecular flexibility index (Phi) is 5.60. The van der Waals surface area contributed by atoms with Gasteiger partial charge in [0.25, 0.3) is 5.91 Å². The molecule has 6 heteroatoms.